The summed E-state index contributed by atoms with van der Waals surface area (Å²) >= 11 is 1.13. The molecule has 27 heavy (non-hydrogen) atoms. The number of hydrogen-bond donors (Lipinski definition) is 2. The van der Waals surface area contributed by atoms with Gasteiger partial charge in [-0.2, -0.15) is 13.2 Å². The number of rotatable bonds is 4. The van der Waals surface area contributed by atoms with Gasteiger partial charge in [-0.1, -0.05) is 24.3 Å². The molecule has 3 aromatic rings. The van der Waals surface area contributed by atoms with Gasteiger partial charge < -0.3 is 10.5 Å². The first-order valence-electron chi connectivity index (χ1n) is 8.06. The van der Waals surface area contributed by atoms with Crippen LogP contribution in [0.15, 0.2) is 53.6 Å². The van der Waals surface area contributed by atoms with Crippen LogP contribution in [0.2, 0.25) is 0 Å². The fraction of sp³-hybridized carbons (Fsp3) is 0.158. The molecule has 0 saturated carbocycles. The van der Waals surface area contributed by atoms with Crippen molar-refractivity contribution in [1.82, 2.24) is 9.97 Å². The number of nitrogens with two attached hydrogens (primary N) is 1. The third-order valence-corrected chi connectivity index (χ3v) is 4.67. The molecule has 0 atom stereocenters. The lowest BCUT2D eigenvalue weighted by atomic mass is 9.96. The molecule has 0 unspecified atom stereocenters. The molecule has 2 heterocycles. The molecule has 0 fully saturated rings. The summed E-state index contributed by atoms with van der Waals surface area (Å²) in [6, 6.07) is 12.8. The van der Waals surface area contributed by atoms with Crippen LogP contribution in [-0.4, -0.2) is 9.97 Å². The van der Waals surface area contributed by atoms with Gasteiger partial charge in [0.15, 0.2) is 0 Å². The zero-order valence-electron chi connectivity index (χ0n) is 14.6. The Balaban J connectivity index is 2.01. The molecule has 8 heteroatoms. The Morgan fingerprint density at radius 3 is 2.22 bits per heavy atom. The molecular formula is C19H17F3N4S. The molecule has 4 nitrogen and oxygen atoms in total. The molecule has 0 radical (unpaired) electrons. The fourth-order valence-electron chi connectivity index (χ4n) is 2.72. The van der Waals surface area contributed by atoms with Crippen molar-refractivity contribution in [3.05, 3.63) is 65.2 Å². The second-order valence-electron chi connectivity index (χ2n) is 5.96. The number of nitrogens with one attached hydrogen (secondary N) is 1. The Kier molecular flexibility index (Phi) is 5.27. The van der Waals surface area contributed by atoms with Gasteiger partial charge in [0.1, 0.15) is 16.7 Å². The lowest BCUT2D eigenvalue weighted by Crippen LogP contribution is -2.10. The van der Waals surface area contributed by atoms with Gasteiger partial charge in [-0.05, 0) is 49.2 Å². The number of pyridine rings is 2. The van der Waals surface area contributed by atoms with Gasteiger partial charge in [-0.15, -0.1) is 0 Å². The summed E-state index contributed by atoms with van der Waals surface area (Å²) in [4.78, 5) is 8.38. The highest BCUT2D eigenvalue weighted by molar-refractivity contribution is 8.00. The zero-order chi connectivity index (χ0) is 19.6. The number of aryl methyl sites for hydroxylation is 2. The summed E-state index contributed by atoms with van der Waals surface area (Å²) in [5, 5.41) is 0.588. The van der Waals surface area contributed by atoms with Gasteiger partial charge in [0.25, 0.3) is 0 Å². The number of hydrogen-bond acceptors (Lipinski definition) is 5. The van der Waals surface area contributed by atoms with E-state index in [2.05, 4.69) is 14.7 Å². The average molecular weight is 390 g/mol. The normalized spacial score (nSPS) is 11.4. The van der Waals surface area contributed by atoms with E-state index in [1.54, 1.807) is 44.2 Å². The molecule has 1 aromatic carbocycles. The monoisotopic (exact) mass is 390 g/mol. The minimum absolute atomic E-state index is 0.0933. The molecule has 140 valence electrons. The number of aromatic nitrogens is 2. The second-order valence-corrected chi connectivity index (χ2v) is 6.79. The minimum Gasteiger partial charge on any atom is -0.384 e. The quantitative estimate of drug-likeness (QED) is 0.578. The number of nitrogens with zero attached hydrogens (tertiary/aromatic N) is 2. The Hall–Kier alpha value is -2.74. The summed E-state index contributed by atoms with van der Waals surface area (Å²) in [6.07, 6.45) is -4.50. The first-order chi connectivity index (χ1) is 12.8. The minimum atomic E-state index is -4.50. The van der Waals surface area contributed by atoms with E-state index in [-0.39, 0.29) is 5.69 Å². The van der Waals surface area contributed by atoms with Gasteiger partial charge in [0, 0.05) is 17.5 Å². The molecule has 0 amide bonds. The first-order valence-corrected chi connectivity index (χ1v) is 8.87. The van der Waals surface area contributed by atoms with Crippen LogP contribution in [-0.2, 0) is 6.18 Å². The second kappa shape index (κ2) is 7.48. The molecule has 0 spiro atoms. The standard InChI is InChI=1S/C19H17F3N4S/c1-11-5-3-6-12(2)17(11)18-13(19(20,21)22)9-10-15(25-18)26-27-16-8-4-7-14(23)24-16/h3-10H,1-2H3,(H2,23,24)(H,25,26). The smallest absolute Gasteiger partial charge is 0.384 e. The maximum atomic E-state index is 13.5. The number of halogens is 3. The summed E-state index contributed by atoms with van der Waals surface area (Å²) in [6.45, 7) is 3.55. The molecule has 0 bridgehead atoms. The van der Waals surface area contributed by atoms with Crippen LogP contribution in [0.4, 0.5) is 24.8 Å². The van der Waals surface area contributed by atoms with E-state index in [0.717, 1.165) is 29.1 Å². The Labute approximate surface area is 159 Å². The van der Waals surface area contributed by atoms with Crippen LogP contribution in [0, 0.1) is 13.8 Å². The highest BCUT2D eigenvalue weighted by Crippen LogP contribution is 2.39. The summed E-state index contributed by atoms with van der Waals surface area (Å²) in [5.74, 6) is 0.660. The van der Waals surface area contributed by atoms with E-state index in [1.807, 2.05) is 6.07 Å². The predicted molar refractivity (Wildman–Crippen MR) is 102 cm³/mol. The van der Waals surface area contributed by atoms with Crippen molar-refractivity contribution in [2.45, 2.75) is 25.0 Å². The molecular weight excluding hydrogens is 373 g/mol. The highest BCUT2D eigenvalue weighted by Gasteiger charge is 2.35. The van der Waals surface area contributed by atoms with Crippen molar-refractivity contribution in [1.29, 1.82) is 0 Å². The van der Waals surface area contributed by atoms with E-state index >= 15 is 0 Å². The molecule has 3 rings (SSSR count). The number of nitrogen functional groups attached to an aromatic ring is 1. The van der Waals surface area contributed by atoms with E-state index in [1.165, 1.54) is 6.07 Å². The Morgan fingerprint density at radius 2 is 1.59 bits per heavy atom. The topological polar surface area (TPSA) is 63.8 Å². The third-order valence-electron chi connectivity index (χ3n) is 3.92. The zero-order valence-corrected chi connectivity index (χ0v) is 15.4. The average Bonchev–Trinajstić information content (AvgIpc) is 2.59. The lowest BCUT2D eigenvalue weighted by molar-refractivity contribution is -0.137. The maximum Gasteiger partial charge on any atom is 0.418 e. The first kappa shape index (κ1) is 19.0. The van der Waals surface area contributed by atoms with Crippen LogP contribution in [0.3, 0.4) is 0 Å². The van der Waals surface area contributed by atoms with Crippen LogP contribution in [0.25, 0.3) is 11.3 Å². The fourth-order valence-corrected chi connectivity index (χ4v) is 3.34. The summed E-state index contributed by atoms with van der Waals surface area (Å²) < 4.78 is 43.5. The van der Waals surface area contributed by atoms with Gasteiger partial charge in [-0.3, -0.25) is 0 Å². The molecule has 2 aromatic heterocycles. The van der Waals surface area contributed by atoms with Gasteiger partial charge >= 0.3 is 6.18 Å². The SMILES string of the molecule is Cc1cccc(C)c1-c1nc(NSc2cccc(N)n2)ccc1C(F)(F)F. The van der Waals surface area contributed by atoms with E-state index in [4.69, 9.17) is 5.73 Å². The van der Waals surface area contributed by atoms with Crippen molar-refractivity contribution in [3.63, 3.8) is 0 Å². The Bertz CT molecular complexity index is 953. The molecule has 0 aliphatic rings. The summed E-state index contributed by atoms with van der Waals surface area (Å²) in [5.41, 5.74) is 6.73. The van der Waals surface area contributed by atoms with Crippen molar-refractivity contribution < 1.29 is 13.2 Å². The van der Waals surface area contributed by atoms with Crippen LogP contribution >= 0.6 is 11.9 Å². The largest absolute Gasteiger partial charge is 0.418 e. The van der Waals surface area contributed by atoms with Crippen molar-refractivity contribution in [2.24, 2.45) is 0 Å². The highest BCUT2D eigenvalue weighted by atomic mass is 32.2. The van der Waals surface area contributed by atoms with Gasteiger partial charge in [0.05, 0.1) is 11.3 Å². The Morgan fingerprint density at radius 1 is 0.926 bits per heavy atom. The van der Waals surface area contributed by atoms with Crippen molar-refractivity contribution >= 4 is 23.6 Å². The molecule has 0 aliphatic carbocycles. The predicted octanol–water partition coefficient (Wildman–Crippen LogP) is 5.48. The maximum absolute atomic E-state index is 13.5. The number of benzene rings is 1. The van der Waals surface area contributed by atoms with E-state index < -0.39 is 11.7 Å². The van der Waals surface area contributed by atoms with Crippen LogP contribution < -0.4 is 10.5 Å². The van der Waals surface area contributed by atoms with Crippen molar-refractivity contribution in [2.75, 3.05) is 10.5 Å². The number of anilines is 2. The van der Waals surface area contributed by atoms with E-state index in [9.17, 15) is 13.2 Å². The number of alkyl halides is 3. The van der Waals surface area contributed by atoms with Gasteiger partial charge in [-0.25, -0.2) is 9.97 Å². The molecule has 0 aliphatic heterocycles. The molecule has 0 saturated heterocycles. The van der Waals surface area contributed by atoms with Crippen LogP contribution in [0.5, 0.6) is 0 Å². The van der Waals surface area contributed by atoms with Crippen LogP contribution in [0.1, 0.15) is 16.7 Å². The lowest BCUT2D eigenvalue weighted by Gasteiger charge is -2.17. The third kappa shape index (κ3) is 4.33. The summed E-state index contributed by atoms with van der Waals surface area (Å²) in [7, 11) is 0. The van der Waals surface area contributed by atoms with Crippen molar-refractivity contribution in [3.8, 4) is 11.3 Å². The van der Waals surface area contributed by atoms with E-state index in [0.29, 0.717) is 22.2 Å². The molecule has 3 N–H and O–H groups in total. The van der Waals surface area contributed by atoms with Gasteiger partial charge in [0.2, 0.25) is 0 Å².